The van der Waals surface area contributed by atoms with Gasteiger partial charge >= 0.3 is 0 Å². The van der Waals surface area contributed by atoms with E-state index in [4.69, 9.17) is 11.6 Å². The third kappa shape index (κ3) is 2.82. The van der Waals surface area contributed by atoms with Crippen LogP contribution >= 0.6 is 11.6 Å². The predicted molar refractivity (Wildman–Crippen MR) is 80.8 cm³/mol. The molecule has 2 aromatic rings. The van der Waals surface area contributed by atoms with Crippen molar-refractivity contribution in [3.8, 4) is 0 Å². The zero-order valence-corrected chi connectivity index (χ0v) is 11.6. The number of fused-ring (bicyclic) bond motifs is 1. The van der Waals surface area contributed by atoms with Crippen LogP contribution in [-0.2, 0) is 0 Å². The summed E-state index contributed by atoms with van der Waals surface area (Å²) in [5.74, 6) is 1.57. The van der Waals surface area contributed by atoms with Crippen molar-refractivity contribution >= 4 is 28.2 Å². The van der Waals surface area contributed by atoms with Crippen molar-refractivity contribution in [2.45, 2.75) is 12.8 Å². The summed E-state index contributed by atoms with van der Waals surface area (Å²) in [4.78, 5) is 4.44. The number of rotatable bonds is 3. The van der Waals surface area contributed by atoms with E-state index in [9.17, 15) is 0 Å². The average Bonchev–Trinajstić information content (AvgIpc) is 2.46. The molecular weight excluding hydrogens is 258 g/mol. The van der Waals surface area contributed by atoms with Crippen LogP contribution in [0.3, 0.4) is 0 Å². The van der Waals surface area contributed by atoms with Gasteiger partial charge in [-0.05, 0) is 49.4 Å². The van der Waals surface area contributed by atoms with Crippen LogP contribution in [0, 0.1) is 5.92 Å². The van der Waals surface area contributed by atoms with Crippen molar-refractivity contribution in [1.29, 1.82) is 0 Å². The Morgan fingerprint density at radius 3 is 3.16 bits per heavy atom. The van der Waals surface area contributed by atoms with Gasteiger partial charge in [0.15, 0.2) is 0 Å². The molecule has 0 amide bonds. The van der Waals surface area contributed by atoms with Crippen molar-refractivity contribution in [1.82, 2.24) is 10.3 Å². The third-order valence-corrected chi connectivity index (χ3v) is 4.01. The number of piperidine rings is 1. The lowest BCUT2D eigenvalue weighted by Crippen LogP contribution is -2.33. The van der Waals surface area contributed by atoms with Gasteiger partial charge in [-0.1, -0.05) is 23.7 Å². The molecule has 2 heterocycles. The molecule has 1 aliphatic rings. The number of benzene rings is 1. The highest BCUT2D eigenvalue weighted by Crippen LogP contribution is 2.28. The molecule has 0 aliphatic carbocycles. The number of anilines is 1. The fourth-order valence-electron chi connectivity index (χ4n) is 2.66. The van der Waals surface area contributed by atoms with E-state index in [0.29, 0.717) is 5.92 Å². The summed E-state index contributed by atoms with van der Waals surface area (Å²) in [5.41, 5.74) is 0. The van der Waals surface area contributed by atoms with E-state index >= 15 is 0 Å². The summed E-state index contributed by atoms with van der Waals surface area (Å²) in [5, 5.41) is 9.81. The summed E-state index contributed by atoms with van der Waals surface area (Å²) in [7, 11) is 0. The topological polar surface area (TPSA) is 37.0 Å². The SMILES string of the molecule is Clc1cccc2ccnc(NCC3CCCNC3)c12. The van der Waals surface area contributed by atoms with Crippen molar-refractivity contribution in [2.24, 2.45) is 5.92 Å². The molecule has 0 radical (unpaired) electrons. The van der Waals surface area contributed by atoms with Gasteiger partial charge in [-0.3, -0.25) is 0 Å². The molecule has 1 aromatic carbocycles. The average molecular weight is 276 g/mol. The number of hydrogen-bond acceptors (Lipinski definition) is 3. The first-order chi connectivity index (χ1) is 9.34. The second kappa shape index (κ2) is 5.76. The maximum Gasteiger partial charge on any atom is 0.135 e. The molecule has 1 fully saturated rings. The monoisotopic (exact) mass is 275 g/mol. The molecule has 0 spiro atoms. The summed E-state index contributed by atoms with van der Waals surface area (Å²) in [6.07, 6.45) is 4.37. The largest absolute Gasteiger partial charge is 0.369 e. The van der Waals surface area contributed by atoms with E-state index in [1.807, 2.05) is 24.4 Å². The maximum atomic E-state index is 6.29. The van der Waals surface area contributed by atoms with Crippen molar-refractivity contribution in [3.63, 3.8) is 0 Å². The molecule has 3 nitrogen and oxygen atoms in total. The first-order valence-corrected chi connectivity index (χ1v) is 7.20. The van der Waals surface area contributed by atoms with Crippen LogP contribution in [-0.4, -0.2) is 24.6 Å². The van der Waals surface area contributed by atoms with E-state index in [0.717, 1.165) is 41.2 Å². The van der Waals surface area contributed by atoms with E-state index in [-0.39, 0.29) is 0 Å². The van der Waals surface area contributed by atoms with Crippen LogP contribution in [0.25, 0.3) is 10.8 Å². The Bertz CT molecular complexity index is 559. The Morgan fingerprint density at radius 1 is 1.37 bits per heavy atom. The quantitative estimate of drug-likeness (QED) is 0.902. The Labute approximate surface area is 118 Å². The normalized spacial score (nSPS) is 19.5. The van der Waals surface area contributed by atoms with Gasteiger partial charge in [0.05, 0.1) is 5.02 Å². The van der Waals surface area contributed by atoms with E-state index in [1.165, 1.54) is 12.8 Å². The summed E-state index contributed by atoms with van der Waals surface area (Å²) in [6.45, 7) is 3.19. The predicted octanol–water partition coefficient (Wildman–Crippen LogP) is 3.30. The van der Waals surface area contributed by atoms with Crippen LogP contribution in [0.1, 0.15) is 12.8 Å². The highest BCUT2D eigenvalue weighted by atomic mass is 35.5. The van der Waals surface area contributed by atoms with Crippen molar-refractivity contribution < 1.29 is 0 Å². The zero-order chi connectivity index (χ0) is 13.1. The van der Waals surface area contributed by atoms with Crippen LogP contribution in [0.4, 0.5) is 5.82 Å². The lowest BCUT2D eigenvalue weighted by atomic mass is 10.00. The van der Waals surface area contributed by atoms with Crippen LogP contribution in [0.5, 0.6) is 0 Å². The van der Waals surface area contributed by atoms with Gasteiger partial charge in [0.2, 0.25) is 0 Å². The van der Waals surface area contributed by atoms with E-state index in [1.54, 1.807) is 0 Å². The Morgan fingerprint density at radius 2 is 2.32 bits per heavy atom. The third-order valence-electron chi connectivity index (χ3n) is 3.70. The lowest BCUT2D eigenvalue weighted by molar-refractivity contribution is 0.393. The van der Waals surface area contributed by atoms with E-state index in [2.05, 4.69) is 21.7 Å². The Kier molecular flexibility index (Phi) is 3.85. The van der Waals surface area contributed by atoms with Gasteiger partial charge in [0.25, 0.3) is 0 Å². The minimum absolute atomic E-state index is 0.674. The maximum absolute atomic E-state index is 6.29. The van der Waals surface area contributed by atoms with Crippen molar-refractivity contribution in [2.75, 3.05) is 25.0 Å². The molecule has 100 valence electrons. The van der Waals surface area contributed by atoms with Crippen LogP contribution < -0.4 is 10.6 Å². The minimum Gasteiger partial charge on any atom is -0.369 e. The highest BCUT2D eigenvalue weighted by Gasteiger charge is 2.13. The molecule has 1 unspecified atom stereocenters. The molecule has 3 rings (SSSR count). The molecule has 4 heteroatoms. The van der Waals surface area contributed by atoms with Gasteiger partial charge in [-0.25, -0.2) is 4.98 Å². The number of nitrogens with zero attached hydrogens (tertiary/aromatic N) is 1. The number of nitrogens with one attached hydrogen (secondary N) is 2. The van der Waals surface area contributed by atoms with Gasteiger partial charge in [-0.2, -0.15) is 0 Å². The fraction of sp³-hybridized carbons (Fsp3) is 0.400. The summed E-state index contributed by atoms with van der Waals surface area (Å²) >= 11 is 6.29. The van der Waals surface area contributed by atoms with Gasteiger partial charge in [-0.15, -0.1) is 0 Å². The van der Waals surface area contributed by atoms with Crippen LogP contribution in [0.2, 0.25) is 5.02 Å². The Hall–Kier alpha value is -1.32. The van der Waals surface area contributed by atoms with Crippen LogP contribution in [0.15, 0.2) is 30.5 Å². The molecule has 0 bridgehead atoms. The molecule has 1 aromatic heterocycles. The molecule has 1 aliphatic heterocycles. The van der Waals surface area contributed by atoms with Gasteiger partial charge in [0, 0.05) is 18.1 Å². The standard InChI is InChI=1S/C15H18ClN3/c16-13-5-1-4-12-6-8-18-15(14(12)13)19-10-11-3-2-7-17-9-11/h1,4-6,8,11,17H,2-3,7,9-10H2,(H,18,19). The first-order valence-electron chi connectivity index (χ1n) is 6.82. The number of hydrogen-bond donors (Lipinski definition) is 2. The van der Waals surface area contributed by atoms with Gasteiger partial charge < -0.3 is 10.6 Å². The number of aromatic nitrogens is 1. The van der Waals surface area contributed by atoms with Gasteiger partial charge in [0.1, 0.15) is 5.82 Å². The van der Waals surface area contributed by atoms with Crippen molar-refractivity contribution in [3.05, 3.63) is 35.5 Å². The molecule has 19 heavy (non-hydrogen) atoms. The lowest BCUT2D eigenvalue weighted by Gasteiger charge is -2.23. The molecule has 2 N–H and O–H groups in total. The minimum atomic E-state index is 0.674. The van der Waals surface area contributed by atoms with E-state index < -0.39 is 0 Å². The zero-order valence-electron chi connectivity index (χ0n) is 10.8. The number of pyridine rings is 1. The summed E-state index contributed by atoms with van der Waals surface area (Å²) < 4.78 is 0. The summed E-state index contributed by atoms with van der Waals surface area (Å²) in [6, 6.07) is 7.95. The highest BCUT2D eigenvalue weighted by molar-refractivity contribution is 6.36. The molecule has 1 saturated heterocycles. The first kappa shape index (κ1) is 12.7. The smallest absolute Gasteiger partial charge is 0.135 e. The molecule has 1 atom stereocenters. The second-order valence-corrected chi connectivity index (χ2v) is 5.50. The number of halogens is 1. The molecule has 0 saturated carbocycles. The second-order valence-electron chi connectivity index (χ2n) is 5.09. The molecular formula is C15H18ClN3. The fourth-order valence-corrected chi connectivity index (χ4v) is 2.93. The Balaban J connectivity index is 1.80.